The summed E-state index contributed by atoms with van der Waals surface area (Å²) < 4.78 is 17.6. The molecule has 0 bridgehead atoms. The summed E-state index contributed by atoms with van der Waals surface area (Å²) in [4.78, 5) is 26.4. The molecule has 0 aromatic carbocycles. The maximum absolute atomic E-state index is 13.3. The second kappa shape index (κ2) is 49.7. The first-order chi connectivity index (χ1) is 35.2. The van der Waals surface area contributed by atoms with Crippen molar-refractivity contribution >= 4 is 11.9 Å². The Balaban J connectivity index is 2.69. The maximum Gasteiger partial charge on any atom is 0.306 e. The van der Waals surface area contributed by atoms with Gasteiger partial charge in [-0.25, -0.2) is 0 Å². The highest BCUT2D eigenvalue weighted by Gasteiger charge is 2.47. The second-order valence-corrected chi connectivity index (χ2v) is 21.1. The van der Waals surface area contributed by atoms with Gasteiger partial charge in [0.25, 0.3) is 0 Å². The van der Waals surface area contributed by atoms with Crippen molar-refractivity contribution in [1.82, 2.24) is 5.32 Å². The number of amides is 1. The molecule has 8 atom stereocenters. The van der Waals surface area contributed by atoms with Crippen molar-refractivity contribution in [3.8, 4) is 0 Å². The van der Waals surface area contributed by atoms with E-state index in [-0.39, 0.29) is 19.4 Å². The number of hydrogen-bond donors (Lipinski definition) is 6. The Labute approximate surface area is 441 Å². The van der Waals surface area contributed by atoms with E-state index in [1.54, 1.807) is 12.2 Å². The minimum Gasteiger partial charge on any atom is -0.454 e. The van der Waals surface area contributed by atoms with Crippen LogP contribution >= 0.6 is 0 Å². The third-order valence-corrected chi connectivity index (χ3v) is 14.3. The molecule has 1 fully saturated rings. The van der Waals surface area contributed by atoms with Gasteiger partial charge in [0, 0.05) is 12.8 Å². The summed E-state index contributed by atoms with van der Waals surface area (Å²) in [5.74, 6) is -1.26. The van der Waals surface area contributed by atoms with E-state index in [1.165, 1.54) is 186 Å². The molecule has 1 rings (SSSR count). The molecule has 8 unspecified atom stereocenters. The molecule has 11 nitrogen and oxygen atoms in total. The lowest BCUT2D eigenvalue weighted by atomic mass is 9.99. The van der Waals surface area contributed by atoms with Gasteiger partial charge in [-0.1, -0.05) is 263 Å². The first-order valence-corrected chi connectivity index (χ1v) is 30.3. The van der Waals surface area contributed by atoms with Crippen LogP contribution in [-0.4, -0.2) is 99.6 Å². The van der Waals surface area contributed by atoms with E-state index < -0.39 is 67.4 Å². The summed E-state index contributed by atoms with van der Waals surface area (Å²) >= 11 is 0. The van der Waals surface area contributed by atoms with Crippen molar-refractivity contribution in [2.45, 2.75) is 327 Å². The number of hydrogen-bond acceptors (Lipinski definition) is 10. The number of allylic oxidation sites excluding steroid dienone is 4. The van der Waals surface area contributed by atoms with Crippen LogP contribution in [0, 0.1) is 0 Å². The standard InChI is InChI=1S/C61H113NO10/c1-4-7-10-13-16-19-22-25-26-27-28-29-30-31-34-37-40-43-46-49-56(66)72-59-58(68)57(67)55(50-63)71-61(59)70-51-52(53(64)47-44-41-38-35-32-23-20-17-14-11-8-5-2)62-60(69)54(65)48-45-42-39-36-33-24-21-18-15-12-9-6-3/h33,36,42,44-45,47,52-55,57-59,61,63-65,67-68H,4-32,34-35,37-41,43,46,48-51H2,1-3H3,(H,62,69)/b36-33-,45-42+,47-44+. The molecule has 0 saturated carbocycles. The topological polar surface area (TPSA) is 175 Å². The summed E-state index contributed by atoms with van der Waals surface area (Å²) in [5, 5.41) is 56.7. The SMILES string of the molecule is CCCCCCCC/C=C\C/C=C/CC(O)C(=O)NC(COC1OC(CO)C(O)C(O)C1OC(=O)CCCCCCCCCCCCCCCCCCCCC)C(O)/C=C/CCCCCCCCCCCC. The van der Waals surface area contributed by atoms with Crippen LogP contribution in [0.15, 0.2) is 36.5 Å². The van der Waals surface area contributed by atoms with E-state index in [0.717, 1.165) is 44.9 Å². The van der Waals surface area contributed by atoms with Crippen LogP contribution in [0.4, 0.5) is 0 Å². The Morgan fingerprint density at radius 3 is 1.42 bits per heavy atom. The van der Waals surface area contributed by atoms with Crippen LogP contribution in [0.2, 0.25) is 0 Å². The van der Waals surface area contributed by atoms with E-state index in [0.29, 0.717) is 12.8 Å². The van der Waals surface area contributed by atoms with Gasteiger partial charge < -0.3 is 45.1 Å². The molecule has 0 aromatic rings. The lowest BCUT2D eigenvalue weighted by Crippen LogP contribution is -2.61. The highest BCUT2D eigenvalue weighted by atomic mass is 16.7. The zero-order chi connectivity index (χ0) is 52.5. The summed E-state index contributed by atoms with van der Waals surface area (Å²) in [6.45, 7) is 5.75. The molecule has 1 aliphatic heterocycles. The molecular weight excluding hydrogens is 907 g/mol. The summed E-state index contributed by atoms with van der Waals surface area (Å²) in [6.07, 6.45) is 47.8. The van der Waals surface area contributed by atoms with Crippen LogP contribution < -0.4 is 5.32 Å². The van der Waals surface area contributed by atoms with Crippen molar-refractivity contribution in [2.24, 2.45) is 0 Å². The normalized spacial score (nSPS) is 19.7. The van der Waals surface area contributed by atoms with Gasteiger partial charge in [-0.15, -0.1) is 0 Å². The van der Waals surface area contributed by atoms with Crippen LogP contribution in [0.25, 0.3) is 0 Å². The van der Waals surface area contributed by atoms with Crippen molar-refractivity contribution in [3.63, 3.8) is 0 Å². The number of carbonyl (C=O) groups excluding carboxylic acids is 2. The van der Waals surface area contributed by atoms with Crippen molar-refractivity contribution in [2.75, 3.05) is 13.2 Å². The van der Waals surface area contributed by atoms with E-state index in [1.807, 2.05) is 12.2 Å². The van der Waals surface area contributed by atoms with Gasteiger partial charge in [0.2, 0.25) is 5.91 Å². The maximum atomic E-state index is 13.3. The number of aliphatic hydroxyl groups excluding tert-OH is 5. The largest absolute Gasteiger partial charge is 0.454 e. The van der Waals surface area contributed by atoms with E-state index in [9.17, 15) is 35.1 Å². The van der Waals surface area contributed by atoms with Gasteiger partial charge in [0.1, 0.15) is 24.4 Å². The molecule has 0 spiro atoms. The molecule has 11 heteroatoms. The number of esters is 1. The van der Waals surface area contributed by atoms with E-state index in [4.69, 9.17) is 14.2 Å². The fourth-order valence-corrected chi connectivity index (χ4v) is 9.46. The number of carbonyl (C=O) groups is 2. The molecular formula is C61H113NO10. The summed E-state index contributed by atoms with van der Waals surface area (Å²) in [5.41, 5.74) is 0. The lowest BCUT2D eigenvalue weighted by molar-refractivity contribution is -0.305. The van der Waals surface area contributed by atoms with Crippen molar-refractivity contribution in [1.29, 1.82) is 0 Å². The molecule has 0 aliphatic carbocycles. The Hall–Kier alpha value is -2.12. The Bertz CT molecular complexity index is 1310. The number of aliphatic hydroxyl groups is 5. The Morgan fingerprint density at radius 1 is 0.542 bits per heavy atom. The molecule has 1 aliphatic rings. The van der Waals surface area contributed by atoms with E-state index in [2.05, 4.69) is 38.2 Å². The zero-order valence-electron chi connectivity index (χ0n) is 46.6. The minimum absolute atomic E-state index is 0.0842. The fraction of sp³-hybridized carbons (Fsp3) is 0.869. The van der Waals surface area contributed by atoms with Gasteiger partial charge in [-0.05, 0) is 38.5 Å². The van der Waals surface area contributed by atoms with Crippen molar-refractivity contribution in [3.05, 3.63) is 36.5 Å². The predicted octanol–water partition coefficient (Wildman–Crippen LogP) is 13.9. The van der Waals surface area contributed by atoms with Crippen LogP contribution in [-0.2, 0) is 23.8 Å². The molecule has 422 valence electrons. The van der Waals surface area contributed by atoms with Gasteiger partial charge >= 0.3 is 5.97 Å². The summed E-state index contributed by atoms with van der Waals surface area (Å²) in [6, 6.07) is -1.05. The number of nitrogens with one attached hydrogen (secondary N) is 1. The zero-order valence-corrected chi connectivity index (χ0v) is 46.6. The lowest BCUT2D eigenvalue weighted by Gasteiger charge is -2.41. The van der Waals surface area contributed by atoms with Gasteiger partial charge in [-0.2, -0.15) is 0 Å². The molecule has 1 saturated heterocycles. The first-order valence-electron chi connectivity index (χ1n) is 30.3. The van der Waals surface area contributed by atoms with E-state index >= 15 is 0 Å². The molecule has 1 amide bonds. The third kappa shape index (κ3) is 37.6. The number of rotatable bonds is 51. The molecule has 72 heavy (non-hydrogen) atoms. The predicted molar refractivity (Wildman–Crippen MR) is 297 cm³/mol. The Morgan fingerprint density at radius 2 is 0.958 bits per heavy atom. The average Bonchev–Trinajstić information content (AvgIpc) is 3.38. The van der Waals surface area contributed by atoms with Crippen LogP contribution in [0.5, 0.6) is 0 Å². The highest BCUT2D eigenvalue weighted by Crippen LogP contribution is 2.26. The molecule has 0 radical (unpaired) electrons. The quantitative estimate of drug-likeness (QED) is 0.0195. The van der Waals surface area contributed by atoms with Gasteiger partial charge in [-0.3, -0.25) is 9.59 Å². The average molecular weight is 1020 g/mol. The summed E-state index contributed by atoms with van der Waals surface area (Å²) in [7, 11) is 0. The smallest absolute Gasteiger partial charge is 0.306 e. The van der Waals surface area contributed by atoms with Gasteiger partial charge in [0.05, 0.1) is 25.4 Å². The molecule has 1 heterocycles. The highest BCUT2D eigenvalue weighted by molar-refractivity contribution is 5.81. The number of unbranched alkanes of at least 4 members (excludes halogenated alkanes) is 34. The molecule has 0 aromatic heterocycles. The monoisotopic (exact) mass is 1020 g/mol. The second-order valence-electron chi connectivity index (χ2n) is 21.1. The van der Waals surface area contributed by atoms with Crippen LogP contribution in [0.1, 0.15) is 278 Å². The first kappa shape index (κ1) is 67.9. The third-order valence-electron chi connectivity index (χ3n) is 14.3. The Kier molecular flexibility index (Phi) is 46.9. The number of ether oxygens (including phenoxy) is 3. The fourth-order valence-electron chi connectivity index (χ4n) is 9.46. The van der Waals surface area contributed by atoms with Crippen LogP contribution in [0.3, 0.4) is 0 Å². The van der Waals surface area contributed by atoms with Crippen molar-refractivity contribution < 1.29 is 49.3 Å². The minimum atomic E-state index is -1.62. The molecule has 6 N–H and O–H groups in total. The van der Waals surface area contributed by atoms with Gasteiger partial charge in [0.15, 0.2) is 12.4 Å².